The highest BCUT2D eigenvalue weighted by molar-refractivity contribution is 5.97. The lowest BCUT2D eigenvalue weighted by molar-refractivity contribution is -0.134. The summed E-state index contributed by atoms with van der Waals surface area (Å²) in [5.74, 6) is -0.503. The van der Waals surface area contributed by atoms with Crippen molar-refractivity contribution in [2.45, 2.75) is 32.4 Å². The van der Waals surface area contributed by atoms with E-state index in [0.717, 1.165) is 6.42 Å². The van der Waals surface area contributed by atoms with Crippen molar-refractivity contribution < 1.29 is 23.1 Å². The molecule has 0 bridgehead atoms. The van der Waals surface area contributed by atoms with Gasteiger partial charge in [-0.05, 0) is 25.0 Å². The number of nitrogens with one attached hydrogen (secondary N) is 1. The normalized spacial score (nSPS) is 17.9. The lowest BCUT2D eigenvalue weighted by Crippen LogP contribution is -2.42. The molecule has 0 radical (unpaired) electrons. The summed E-state index contributed by atoms with van der Waals surface area (Å²) < 4.78 is 28.6. The Morgan fingerprint density at radius 1 is 1.43 bits per heavy atom. The third kappa shape index (κ3) is 3.90. The summed E-state index contributed by atoms with van der Waals surface area (Å²) in [6.07, 6.45) is 1.37. The van der Waals surface area contributed by atoms with Gasteiger partial charge in [-0.3, -0.25) is 9.59 Å². The lowest BCUT2D eigenvalue weighted by Gasteiger charge is -2.22. The van der Waals surface area contributed by atoms with Crippen LogP contribution in [0.25, 0.3) is 0 Å². The standard InChI is InChI=1S/C14H16F2N2O3/c1-9(19)18-7-3-6-12(18)13(20)17-10-4-2-5-11(8-10)21-14(15)16/h2,4-5,8,12,14H,3,6-7H2,1H3,(H,17,20)/t12-/m1/s1. The van der Waals surface area contributed by atoms with Crippen LogP contribution in [-0.2, 0) is 9.59 Å². The van der Waals surface area contributed by atoms with Crippen LogP contribution in [0.2, 0.25) is 0 Å². The van der Waals surface area contributed by atoms with Crippen LogP contribution in [0.1, 0.15) is 19.8 Å². The van der Waals surface area contributed by atoms with Gasteiger partial charge in [0.15, 0.2) is 0 Å². The number of hydrogen-bond acceptors (Lipinski definition) is 3. The van der Waals surface area contributed by atoms with Gasteiger partial charge >= 0.3 is 6.61 Å². The number of amides is 2. The molecule has 21 heavy (non-hydrogen) atoms. The number of carbonyl (C=O) groups excluding carboxylic acids is 2. The van der Waals surface area contributed by atoms with Gasteiger partial charge in [-0.25, -0.2) is 0 Å². The SMILES string of the molecule is CC(=O)N1CCC[C@@H]1C(=O)Nc1cccc(OC(F)F)c1. The molecule has 0 aliphatic carbocycles. The molecule has 2 rings (SSSR count). The van der Waals surface area contributed by atoms with Crippen LogP contribution < -0.4 is 10.1 Å². The van der Waals surface area contributed by atoms with E-state index in [1.807, 2.05) is 0 Å². The molecule has 1 N–H and O–H groups in total. The number of hydrogen-bond donors (Lipinski definition) is 1. The molecule has 0 spiro atoms. The molecule has 0 unspecified atom stereocenters. The van der Waals surface area contributed by atoms with Gasteiger partial charge in [0.25, 0.3) is 0 Å². The molecule has 1 aromatic rings. The maximum atomic E-state index is 12.2. The minimum Gasteiger partial charge on any atom is -0.435 e. The van der Waals surface area contributed by atoms with Crippen LogP contribution in [0, 0.1) is 0 Å². The highest BCUT2D eigenvalue weighted by atomic mass is 19.3. The largest absolute Gasteiger partial charge is 0.435 e. The van der Waals surface area contributed by atoms with Crippen molar-refractivity contribution in [3.05, 3.63) is 24.3 Å². The quantitative estimate of drug-likeness (QED) is 0.927. The summed E-state index contributed by atoms with van der Waals surface area (Å²) in [6, 6.07) is 5.26. The number of likely N-dealkylation sites (tertiary alicyclic amines) is 1. The van der Waals surface area contributed by atoms with E-state index in [0.29, 0.717) is 18.7 Å². The fraction of sp³-hybridized carbons (Fsp3) is 0.429. The number of benzene rings is 1. The van der Waals surface area contributed by atoms with Gasteiger partial charge in [-0.1, -0.05) is 6.07 Å². The first kappa shape index (κ1) is 15.2. The van der Waals surface area contributed by atoms with Crippen LogP contribution in [0.5, 0.6) is 5.75 Å². The fourth-order valence-corrected chi connectivity index (χ4v) is 2.39. The number of anilines is 1. The van der Waals surface area contributed by atoms with Gasteiger partial charge in [-0.2, -0.15) is 8.78 Å². The number of alkyl halides is 2. The molecule has 1 aliphatic rings. The molecule has 1 aliphatic heterocycles. The maximum Gasteiger partial charge on any atom is 0.387 e. The number of rotatable bonds is 4. The Bertz CT molecular complexity index is 537. The second kappa shape index (κ2) is 6.51. The van der Waals surface area contributed by atoms with E-state index in [9.17, 15) is 18.4 Å². The van der Waals surface area contributed by atoms with Crippen molar-refractivity contribution in [3.63, 3.8) is 0 Å². The van der Waals surface area contributed by atoms with Gasteiger partial charge in [0, 0.05) is 25.2 Å². The molecular weight excluding hydrogens is 282 g/mol. The monoisotopic (exact) mass is 298 g/mol. The zero-order valence-corrected chi connectivity index (χ0v) is 11.5. The predicted molar refractivity (Wildman–Crippen MR) is 72.1 cm³/mol. The highest BCUT2D eigenvalue weighted by Gasteiger charge is 2.32. The van der Waals surface area contributed by atoms with E-state index in [-0.39, 0.29) is 17.6 Å². The van der Waals surface area contributed by atoms with Crippen molar-refractivity contribution >= 4 is 17.5 Å². The summed E-state index contributed by atoms with van der Waals surface area (Å²) >= 11 is 0. The zero-order chi connectivity index (χ0) is 15.4. The Balaban J connectivity index is 2.04. The van der Waals surface area contributed by atoms with Crippen LogP contribution >= 0.6 is 0 Å². The second-order valence-corrected chi connectivity index (χ2v) is 4.77. The van der Waals surface area contributed by atoms with Gasteiger partial charge in [-0.15, -0.1) is 0 Å². The summed E-state index contributed by atoms with van der Waals surface area (Å²) in [4.78, 5) is 25.1. The Labute approximate surface area is 120 Å². The van der Waals surface area contributed by atoms with Gasteiger partial charge < -0.3 is 15.0 Å². The fourth-order valence-electron chi connectivity index (χ4n) is 2.39. The van der Waals surface area contributed by atoms with E-state index in [1.54, 1.807) is 6.07 Å². The smallest absolute Gasteiger partial charge is 0.387 e. The van der Waals surface area contributed by atoms with Gasteiger partial charge in [0.2, 0.25) is 11.8 Å². The van der Waals surface area contributed by atoms with Gasteiger partial charge in [0.1, 0.15) is 11.8 Å². The summed E-state index contributed by atoms with van der Waals surface area (Å²) in [5.41, 5.74) is 0.355. The average molecular weight is 298 g/mol. The molecule has 5 nitrogen and oxygen atoms in total. The van der Waals surface area contributed by atoms with Crippen molar-refractivity contribution in [2.24, 2.45) is 0 Å². The minimum atomic E-state index is -2.92. The van der Waals surface area contributed by atoms with E-state index in [4.69, 9.17) is 0 Å². The molecule has 0 aromatic heterocycles. The van der Waals surface area contributed by atoms with Gasteiger partial charge in [0.05, 0.1) is 0 Å². The Hall–Kier alpha value is -2.18. The maximum absolute atomic E-state index is 12.2. The van der Waals surface area contributed by atoms with Crippen molar-refractivity contribution in [3.8, 4) is 5.75 Å². The first-order chi connectivity index (χ1) is 9.97. The molecule has 7 heteroatoms. The minimum absolute atomic E-state index is 0.0300. The first-order valence-electron chi connectivity index (χ1n) is 6.60. The van der Waals surface area contributed by atoms with E-state index in [1.165, 1.54) is 30.0 Å². The van der Waals surface area contributed by atoms with Crippen molar-refractivity contribution in [1.29, 1.82) is 0 Å². The molecule has 114 valence electrons. The van der Waals surface area contributed by atoms with Crippen LogP contribution in [0.4, 0.5) is 14.5 Å². The average Bonchev–Trinajstić information content (AvgIpc) is 2.87. The summed E-state index contributed by atoms with van der Waals surface area (Å²) in [5, 5.41) is 2.62. The van der Waals surface area contributed by atoms with E-state index >= 15 is 0 Å². The zero-order valence-electron chi connectivity index (χ0n) is 11.5. The molecule has 1 saturated heterocycles. The molecule has 0 saturated carbocycles. The highest BCUT2D eigenvalue weighted by Crippen LogP contribution is 2.22. The number of carbonyl (C=O) groups is 2. The molecule has 1 atom stereocenters. The Kier molecular flexibility index (Phi) is 4.72. The van der Waals surface area contributed by atoms with E-state index < -0.39 is 12.7 Å². The molecule has 1 heterocycles. The number of nitrogens with zero attached hydrogens (tertiary/aromatic N) is 1. The van der Waals surface area contributed by atoms with Crippen molar-refractivity contribution in [1.82, 2.24) is 4.90 Å². The summed E-state index contributed by atoms with van der Waals surface area (Å²) in [7, 11) is 0. The Morgan fingerprint density at radius 2 is 2.19 bits per heavy atom. The molecule has 2 amide bonds. The first-order valence-corrected chi connectivity index (χ1v) is 6.60. The summed E-state index contributed by atoms with van der Waals surface area (Å²) in [6.45, 7) is -0.941. The van der Waals surface area contributed by atoms with E-state index in [2.05, 4.69) is 10.1 Å². The molecule has 1 aromatic carbocycles. The Morgan fingerprint density at radius 3 is 2.86 bits per heavy atom. The topological polar surface area (TPSA) is 58.6 Å². The number of ether oxygens (including phenoxy) is 1. The third-order valence-corrected chi connectivity index (χ3v) is 3.29. The lowest BCUT2D eigenvalue weighted by atomic mass is 10.2. The van der Waals surface area contributed by atoms with Crippen LogP contribution in [0.3, 0.4) is 0 Å². The van der Waals surface area contributed by atoms with Crippen LogP contribution in [-0.4, -0.2) is 35.9 Å². The third-order valence-electron chi connectivity index (χ3n) is 3.29. The molecule has 1 fully saturated rings. The number of halogens is 2. The van der Waals surface area contributed by atoms with Crippen LogP contribution in [0.15, 0.2) is 24.3 Å². The second-order valence-electron chi connectivity index (χ2n) is 4.77. The van der Waals surface area contributed by atoms with Crippen molar-refractivity contribution in [2.75, 3.05) is 11.9 Å². The predicted octanol–water partition coefficient (Wildman–Crippen LogP) is 2.24. The molecular formula is C14H16F2N2O3.